The van der Waals surface area contributed by atoms with Gasteiger partial charge in [0.2, 0.25) is 0 Å². The Morgan fingerprint density at radius 2 is 1.55 bits per heavy atom. The monoisotopic (exact) mass is 313 g/mol. The van der Waals surface area contributed by atoms with Crippen LogP contribution in [-0.2, 0) is 11.9 Å². The summed E-state index contributed by atoms with van der Waals surface area (Å²) < 4.78 is 0. The van der Waals surface area contributed by atoms with Crippen molar-refractivity contribution in [1.29, 1.82) is 0 Å². The van der Waals surface area contributed by atoms with Crippen LogP contribution in [0.5, 0.6) is 5.75 Å². The Morgan fingerprint density at radius 3 is 2.00 bits per heavy atom. The van der Waals surface area contributed by atoms with Crippen LogP contribution >= 0.6 is 0 Å². The van der Waals surface area contributed by atoms with E-state index in [0.717, 1.165) is 24.3 Å². The summed E-state index contributed by atoms with van der Waals surface area (Å²) >= 11 is 0. The number of hydrogen-bond donors (Lipinski definition) is 7. The lowest BCUT2D eigenvalue weighted by Gasteiger charge is -2.18. The Hall–Kier alpha value is -2.34. The fraction of sp³-hybridized carbons (Fsp3) is 0.167. The van der Waals surface area contributed by atoms with Gasteiger partial charge >= 0.3 is 11.9 Å². The highest BCUT2D eigenvalue weighted by Crippen LogP contribution is 2.41. The average molecular weight is 313 g/mol. The van der Waals surface area contributed by atoms with Crippen LogP contribution in [0.15, 0.2) is 24.3 Å². The SMILES string of the molecule is O=[N+]([O-])c1c(C(O)(O)O)c(O)cc2ccc(C(O)(O)O)cc12. The van der Waals surface area contributed by atoms with Gasteiger partial charge in [0.05, 0.1) is 10.3 Å². The highest BCUT2D eigenvalue weighted by molar-refractivity contribution is 5.95. The van der Waals surface area contributed by atoms with Crippen molar-refractivity contribution in [2.45, 2.75) is 11.9 Å². The molecule has 0 heterocycles. The summed E-state index contributed by atoms with van der Waals surface area (Å²) in [6, 6.07) is 3.83. The van der Waals surface area contributed by atoms with Gasteiger partial charge in [-0.3, -0.25) is 10.1 Å². The fourth-order valence-electron chi connectivity index (χ4n) is 2.09. The maximum atomic E-state index is 11.2. The maximum absolute atomic E-state index is 11.2. The van der Waals surface area contributed by atoms with Crippen molar-refractivity contribution in [3.63, 3.8) is 0 Å². The van der Waals surface area contributed by atoms with Crippen LogP contribution in [0.25, 0.3) is 10.8 Å². The van der Waals surface area contributed by atoms with Crippen LogP contribution < -0.4 is 0 Å². The number of aliphatic hydroxyl groups is 6. The van der Waals surface area contributed by atoms with E-state index in [-0.39, 0.29) is 10.8 Å². The summed E-state index contributed by atoms with van der Waals surface area (Å²) in [6.07, 6.45) is 0. The number of benzene rings is 2. The smallest absolute Gasteiger partial charge is 0.315 e. The zero-order chi connectivity index (χ0) is 16.9. The van der Waals surface area contributed by atoms with Crippen molar-refractivity contribution >= 4 is 16.5 Å². The highest BCUT2D eigenvalue weighted by atomic mass is 16.7. The first-order chi connectivity index (χ1) is 9.93. The van der Waals surface area contributed by atoms with E-state index in [2.05, 4.69) is 0 Å². The third-order valence-electron chi connectivity index (χ3n) is 3.00. The minimum Gasteiger partial charge on any atom is -0.507 e. The molecule has 0 aliphatic rings. The topological polar surface area (TPSA) is 185 Å². The van der Waals surface area contributed by atoms with Crippen LogP contribution in [0, 0.1) is 10.1 Å². The molecule has 118 valence electrons. The molecular weight excluding hydrogens is 302 g/mol. The molecule has 0 unspecified atom stereocenters. The van der Waals surface area contributed by atoms with Crippen molar-refractivity contribution in [3.8, 4) is 5.75 Å². The van der Waals surface area contributed by atoms with E-state index in [1.165, 1.54) is 0 Å². The molecule has 0 aliphatic carbocycles. The molecule has 0 radical (unpaired) electrons. The standard InChI is InChI=1S/C12H11NO9/c14-8-3-5-1-2-6(11(15,16)17)4-7(5)10(13(21)22)9(8)12(18,19)20/h1-4,14-20H. The first kappa shape index (κ1) is 16.0. The molecule has 0 bridgehead atoms. The molecule has 2 aromatic carbocycles. The number of nitro benzene ring substituents is 1. The Labute approximate surface area is 121 Å². The number of phenolic OH excluding ortho intramolecular Hbond substituents is 1. The van der Waals surface area contributed by atoms with Gasteiger partial charge in [-0.05, 0) is 17.5 Å². The average Bonchev–Trinajstić information content (AvgIpc) is 2.33. The second-order valence-electron chi connectivity index (χ2n) is 4.58. The van der Waals surface area contributed by atoms with Gasteiger partial charge in [0.25, 0.3) is 5.69 Å². The summed E-state index contributed by atoms with van der Waals surface area (Å²) in [5.41, 5.74) is -2.81. The first-order valence-electron chi connectivity index (χ1n) is 5.72. The molecule has 0 spiro atoms. The van der Waals surface area contributed by atoms with Gasteiger partial charge in [0, 0.05) is 5.56 Å². The van der Waals surface area contributed by atoms with Crippen molar-refractivity contribution < 1.29 is 40.7 Å². The van der Waals surface area contributed by atoms with Gasteiger partial charge in [0.15, 0.2) is 5.56 Å². The number of phenols is 1. The molecule has 2 aromatic rings. The molecule has 0 atom stereocenters. The lowest BCUT2D eigenvalue weighted by atomic mass is 9.98. The molecule has 0 amide bonds. The lowest BCUT2D eigenvalue weighted by molar-refractivity contribution is -0.393. The van der Waals surface area contributed by atoms with Gasteiger partial charge in [-0.2, -0.15) is 0 Å². The summed E-state index contributed by atoms with van der Waals surface area (Å²) in [5, 5.41) is 75.4. The van der Waals surface area contributed by atoms with Crippen molar-refractivity contribution in [1.82, 2.24) is 0 Å². The molecular formula is C12H11NO9. The molecule has 0 saturated carbocycles. The number of rotatable bonds is 3. The zero-order valence-corrected chi connectivity index (χ0v) is 10.7. The van der Waals surface area contributed by atoms with Gasteiger partial charge in [0.1, 0.15) is 5.75 Å². The first-order valence-corrected chi connectivity index (χ1v) is 5.72. The Morgan fingerprint density at radius 1 is 0.955 bits per heavy atom. The second kappa shape index (κ2) is 4.84. The van der Waals surface area contributed by atoms with E-state index in [1.54, 1.807) is 0 Å². The molecule has 7 N–H and O–H groups in total. The predicted octanol–water partition coefficient (Wildman–Crippen LogP) is -1.37. The van der Waals surface area contributed by atoms with Gasteiger partial charge in [-0.25, -0.2) is 0 Å². The van der Waals surface area contributed by atoms with Crippen molar-refractivity contribution in [2.24, 2.45) is 0 Å². The summed E-state index contributed by atoms with van der Waals surface area (Å²) in [4.78, 5) is 10.1. The van der Waals surface area contributed by atoms with Gasteiger partial charge in [-0.15, -0.1) is 0 Å². The minimum absolute atomic E-state index is 0.0187. The maximum Gasteiger partial charge on any atom is 0.315 e. The summed E-state index contributed by atoms with van der Waals surface area (Å²) in [5.74, 6) is -7.94. The van der Waals surface area contributed by atoms with Crippen LogP contribution in [0.1, 0.15) is 11.1 Å². The molecule has 0 fully saturated rings. The molecule has 0 saturated heterocycles. The molecule has 22 heavy (non-hydrogen) atoms. The lowest BCUT2D eigenvalue weighted by Crippen LogP contribution is -2.26. The third-order valence-corrected chi connectivity index (χ3v) is 3.00. The van der Waals surface area contributed by atoms with E-state index in [9.17, 15) is 30.5 Å². The Kier molecular flexibility index (Phi) is 3.53. The van der Waals surface area contributed by atoms with Crippen LogP contribution in [-0.4, -0.2) is 40.7 Å². The number of aromatic hydroxyl groups is 1. The fourth-order valence-corrected chi connectivity index (χ4v) is 2.09. The number of nitro groups is 1. The molecule has 0 aromatic heterocycles. The molecule has 10 nitrogen and oxygen atoms in total. The van der Waals surface area contributed by atoms with Crippen molar-refractivity contribution in [3.05, 3.63) is 45.5 Å². The van der Waals surface area contributed by atoms with Crippen LogP contribution in [0.2, 0.25) is 0 Å². The number of nitrogens with zero attached hydrogens (tertiary/aromatic N) is 1. The third kappa shape index (κ3) is 2.69. The second-order valence-corrected chi connectivity index (χ2v) is 4.58. The summed E-state index contributed by atoms with van der Waals surface area (Å²) in [6.45, 7) is 0. The highest BCUT2D eigenvalue weighted by Gasteiger charge is 2.37. The normalized spacial score (nSPS) is 12.6. The predicted molar refractivity (Wildman–Crippen MR) is 68.9 cm³/mol. The molecule has 0 aliphatic heterocycles. The van der Waals surface area contributed by atoms with Crippen LogP contribution in [0.3, 0.4) is 0 Å². The molecule has 10 heteroatoms. The zero-order valence-electron chi connectivity index (χ0n) is 10.7. The van der Waals surface area contributed by atoms with E-state index in [0.29, 0.717) is 0 Å². The van der Waals surface area contributed by atoms with Gasteiger partial charge < -0.3 is 35.7 Å². The van der Waals surface area contributed by atoms with E-state index in [1.807, 2.05) is 0 Å². The number of fused-ring (bicyclic) bond motifs is 1. The Balaban J connectivity index is 2.96. The van der Waals surface area contributed by atoms with Crippen LogP contribution in [0.4, 0.5) is 5.69 Å². The van der Waals surface area contributed by atoms with Gasteiger partial charge in [-0.1, -0.05) is 12.1 Å². The quantitative estimate of drug-likeness (QED) is 0.204. The Bertz CT molecular complexity index is 758. The number of hydrogen-bond acceptors (Lipinski definition) is 9. The summed E-state index contributed by atoms with van der Waals surface area (Å²) in [7, 11) is 0. The minimum atomic E-state index is -3.70. The largest absolute Gasteiger partial charge is 0.507 e. The van der Waals surface area contributed by atoms with E-state index < -0.39 is 39.4 Å². The van der Waals surface area contributed by atoms with E-state index >= 15 is 0 Å². The molecule has 2 rings (SSSR count). The van der Waals surface area contributed by atoms with Crippen molar-refractivity contribution in [2.75, 3.05) is 0 Å². The van der Waals surface area contributed by atoms with E-state index in [4.69, 9.17) is 15.3 Å².